The zero-order valence-corrected chi connectivity index (χ0v) is 13.6. The smallest absolute Gasteiger partial charge is 0.317 e. The van der Waals surface area contributed by atoms with Crippen LogP contribution < -0.4 is 5.32 Å². The first-order valence-electron chi connectivity index (χ1n) is 8.73. The van der Waals surface area contributed by atoms with Gasteiger partial charge in [-0.1, -0.05) is 56.0 Å². The molecule has 2 aliphatic rings. The normalized spacial score (nSPS) is 20.3. The van der Waals surface area contributed by atoms with Crippen LogP contribution in [0, 0.1) is 0 Å². The summed E-state index contributed by atoms with van der Waals surface area (Å²) >= 11 is 0. The van der Waals surface area contributed by atoms with Crippen LogP contribution >= 0.6 is 0 Å². The Morgan fingerprint density at radius 3 is 2.35 bits per heavy atom. The van der Waals surface area contributed by atoms with Crippen LogP contribution in [0.15, 0.2) is 30.3 Å². The monoisotopic (exact) mass is 315 g/mol. The number of hydrogen-bond acceptors (Lipinski definition) is 3. The predicted molar refractivity (Wildman–Crippen MR) is 87.9 cm³/mol. The van der Waals surface area contributed by atoms with E-state index in [2.05, 4.69) is 5.32 Å². The van der Waals surface area contributed by atoms with E-state index in [-0.39, 0.29) is 24.5 Å². The molecule has 1 N–H and O–H groups in total. The molecule has 2 fully saturated rings. The van der Waals surface area contributed by atoms with Crippen molar-refractivity contribution in [3.8, 4) is 0 Å². The molecule has 2 aliphatic carbocycles. The van der Waals surface area contributed by atoms with E-state index in [1.54, 1.807) is 0 Å². The van der Waals surface area contributed by atoms with Crippen LogP contribution in [0.5, 0.6) is 0 Å². The van der Waals surface area contributed by atoms with Gasteiger partial charge in [-0.25, -0.2) is 0 Å². The Kier molecular flexibility index (Phi) is 4.99. The summed E-state index contributed by atoms with van der Waals surface area (Å²) in [5, 5.41) is 2.96. The molecule has 0 aliphatic heterocycles. The van der Waals surface area contributed by atoms with Gasteiger partial charge in [0.05, 0.1) is 5.41 Å². The summed E-state index contributed by atoms with van der Waals surface area (Å²) in [6.45, 7) is -0.163. The van der Waals surface area contributed by atoms with Gasteiger partial charge in [0.2, 0.25) is 0 Å². The average molecular weight is 315 g/mol. The van der Waals surface area contributed by atoms with Crippen LogP contribution in [-0.4, -0.2) is 24.5 Å². The minimum Gasteiger partial charge on any atom is -0.455 e. The maximum Gasteiger partial charge on any atom is 0.317 e. The number of benzene rings is 1. The Balaban J connectivity index is 1.60. The summed E-state index contributed by atoms with van der Waals surface area (Å²) in [7, 11) is 0. The van der Waals surface area contributed by atoms with Gasteiger partial charge < -0.3 is 10.1 Å². The lowest BCUT2D eigenvalue weighted by Gasteiger charge is -2.27. The Hall–Kier alpha value is -1.84. The molecule has 0 bridgehead atoms. The van der Waals surface area contributed by atoms with Crippen LogP contribution in [0.3, 0.4) is 0 Å². The highest BCUT2D eigenvalue weighted by Gasteiger charge is 2.44. The fourth-order valence-corrected chi connectivity index (χ4v) is 3.96. The van der Waals surface area contributed by atoms with E-state index in [9.17, 15) is 9.59 Å². The van der Waals surface area contributed by atoms with Crippen LogP contribution in [-0.2, 0) is 19.7 Å². The Labute approximate surface area is 137 Å². The van der Waals surface area contributed by atoms with Crippen molar-refractivity contribution >= 4 is 11.9 Å². The summed E-state index contributed by atoms with van der Waals surface area (Å²) in [6, 6.07) is 10.1. The van der Waals surface area contributed by atoms with Crippen LogP contribution in [0.1, 0.15) is 56.9 Å². The van der Waals surface area contributed by atoms with Gasteiger partial charge in [-0.05, 0) is 31.2 Å². The maximum absolute atomic E-state index is 12.7. The summed E-state index contributed by atoms with van der Waals surface area (Å²) in [5.41, 5.74) is 0.452. The number of hydrogen-bond donors (Lipinski definition) is 1. The lowest BCUT2D eigenvalue weighted by Crippen LogP contribution is -2.39. The SMILES string of the molecule is O=C(COC(=O)C1(c2ccccc2)CCCC1)NC1CCCC1. The molecule has 0 unspecified atom stereocenters. The molecule has 0 radical (unpaired) electrons. The van der Waals surface area contributed by atoms with Crippen molar-refractivity contribution in [3.63, 3.8) is 0 Å². The average Bonchev–Trinajstić information content (AvgIpc) is 3.25. The molecule has 1 aromatic carbocycles. The zero-order chi connectivity index (χ0) is 16.1. The van der Waals surface area contributed by atoms with Crippen molar-refractivity contribution in [3.05, 3.63) is 35.9 Å². The van der Waals surface area contributed by atoms with Crippen molar-refractivity contribution in [1.82, 2.24) is 5.32 Å². The van der Waals surface area contributed by atoms with Gasteiger partial charge in [-0.2, -0.15) is 0 Å². The number of esters is 1. The fraction of sp³-hybridized carbons (Fsp3) is 0.579. The molecule has 1 aromatic rings. The van der Waals surface area contributed by atoms with Gasteiger partial charge in [-0.3, -0.25) is 9.59 Å². The molecule has 124 valence electrons. The molecule has 0 spiro atoms. The lowest BCUT2D eigenvalue weighted by molar-refractivity contribution is -0.154. The van der Waals surface area contributed by atoms with Gasteiger partial charge in [0.15, 0.2) is 6.61 Å². The highest BCUT2D eigenvalue weighted by Crippen LogP contribution is 2.42. The molecule has 0 saturated heterocycles. The minimum absolute atomic E-state index is 0.163. The molecule has 4 heteroatoms. The third kappa shape index (κ3) is 3.57. The van der Waals surface area contributed by atoms with Crippen molar-refractivity contribution in [2.24, 2.45) is 0 Å². The molecule has 1 amide bonds. The second kappa shape index (κ2) is 7.16. The fourth-order valence-electron chi connectivity index (χ4n) is 3.96. The van der Waals surface area contributed by atoms with E-state index >= 15 is 0 Å². The van der Waals surface area contributed by atoms with E-state index in [4.69, 9.17) is 4.74 Å². The summed E-state index contributed by atoms with van der Waals surface area (Å²) in [5.74, 6) is -0.422. The largest absolute Gasteiger partial charge is 0.455 e. The van der Waals surface area contributed by atoms with E-state index in [0.29, 0.717) is 0 Å². The first-order valence-corrected chi connectivity index (χ1v) is 8.73. The molecule has 3 rings (SSSR count). The summed E-state index contributed by atoms with van der Waals surface area (Å²) in [6.07, 6.45) is 8.07. The van der Waals surface area contributed by atoms with Gasteiger partial charge >= 0.3 is 5.97 Å². The molecular formula is C19H25NO3. The Bertz CT molecular complexity index is 543. The maximum atomic E-state index is 12.7. The minimum atomic E-state index is -0.561. The van der Waals surface area contributed by atoms with E-state index in [0.717, 1.165) is 44.1 Å². The van der Waals surface area contributed by atoms with Crippen molar-refractivity contribution < 1.29 is 14.3 Å². The highest BCUT2D eigenvalue weighted by molar-refractivity contribution is 5.86. The first kappa shape index (κ1) is 16.0. The first-order chi connectivity index (χ1) is 11.2. The molecule has 23 heavy (non-hydrogen) atoms. The van der Waals surface area contributed by atoms with Crippen LogP contribution in [0.25, 0.3) is 0 Å². The van der Waals surface area contributed by atoms with Crippen molar-refractivity contribution in [1.29, 1.82) is 0 Å². The quantitative estimate of drug-likeness (QED) is 0.850. The zero-order valence-electron chi connectivity index (χ0n) is 13.6. The van der Waals surface area contributed by atoms with Gasteiger partial charge in [0.1, 0.15) is 0 Å². The number of ether oxygens (including phenoxy) is 1. The molecular weight excluding hydrogens is 290 g/mol. The van der Waals surface area contributed by atoms with Gasteiger partial charge in [0.25, 0.3) is 5.91 Å². The molecule has 0 heterocycles. The number of rotatable bonds is 5. The second-order valence-corrected chi connectivity index (χ2v) is 6.78. The van der Waals surface area contributed by atoms with Gasteiger partial charge in [-0.15, -0.1) is 0 Å². The number of amides is 1. The third-order valence-corrected chi connectivity index (χ3v) is 5.23. The van der Waals surface area contributed by atoms with Crippen LogP contribution in [0.4, 0.5) is 0 Å². The van der Waals surface area contributed by atoms with Crippen molar-refractivity contribution in [2.75, 3.05) is 6.61 Å². The lowest BCUT2D eigenvalue weighted by atomic mass is 9.79. The third-order valence-electron chi connectivity index (χ3n) is 5.23. The number of nitrogens with one attached hydrogen (secondary N) is 1. The summed E-state index contributed by atoms with van der Waals surface area (Å²) < 4.78 is 5.40. The summed E-state index contributed by atoms with van der Waals surface area (Å²) in [4.78, 5) is 24.7. The predicted octanol–water partition coefficient (Wildman–Crippen LogP) is 3.10. The van der Waals surface area contributed by atoms with Crippen molar-refractivity contribution in [2.45, 2.75) is 62.8 Å². The topological polar surface area (TPSA) is 55.4 Å². The van der Waals surface area contributed by atoms with E-state index < -0.39 is 5.41 Å². The number of carbonyl (C=O) groups excluding carboxylic acids is 2. The molecule has 0 aromatic heterocycles. The Morgan fingerprint density at radius 1 is 1.04 bits per heavy atom. The number of carbonyl (C=O) groups is 2. The Morgan fingerprint density at radius 2 is 1.70 bits per heavy atom. The molecule has 2 saturated carbocycles. The molecule has 0 atom stereocenters. The highest BCUT2D eigenvalue weighted by atomic mass is 16.5. The van der Waals surface area contributed by atoms with Gasteiger partial charge in [0, 0.05) is 6.04 Å². The second-order valence-electron chi connectivity index (χ2n) is 6.78. The standard InChI is InChI=1S/C19H25NO3/c21-17(20-16-10-4-5-11-16)14-23-18(22)19(12-6-7-13-19)15-8-2-1-3-9-15/h1-3,8-9,16H,4-7,10-14H2,(H,20,21). The van der Waals surface area contributed by atoms with Crippen LogP contribution in [0.2, 0.25) is 0 Å². The molecule has 4 nitrogen and oxygen atoms in total. The van der Waals surface area contributed by atoms with E-state index in [1.807, 2.05) is 30.3 Å². The van der Waals surface area contributed by atoms with E-state index in [1.165, 1.54) is 12.8 Å².